The summed E-state index contributed by atoms with van der Waals surface area (Å²) in [5.74, 6) is 6.44. The third kappa shape index (κ3) is 6.22. The Balaban J connectivity index is 1.88. The first kappa shape index (κ1) is 24.5. The van der Waals surface area contributed by atoms with Crippen molar-refractivity contribution in [3.05, 3.63) is 23.4 Å². The maximum absolute atomic E-state index is 13.4. The number of hydrogen-bond acceptors (Lipinski definition) is 6. The smallest absolute Gasteiger partial charge is 0.259 e. The number of pyridine rings is 1. The summed E-state index contributed by atoms with van der Waals surface area (Å²) in [5, 5.41) is 19.2. The number of ether oxygens (including phenoxy) is 1. The Morgan fingerprint density at radius 3 is 2.69 bits per heavy atom. The van der Waals surface area contributed by atoms with Gasteiger partial charge in [-0.3, -0.25) is 4.79 Å². The maximum Gasteiger partial charge on any atom is 0.259 e. The molecule has 2 N–H and O–H groups in total. The van der Waals surface area contributed by atoms with Crippen LogP contribution in [0.4, 0.5) is 0 Å². The lowest BCUT2D eigenvalue weighted by molar-refractivity contribution is 0.0320. The molecule has 32 heavy (non-hydrogen) atoms. The zero-order valence-corrected chi connectivity index (χ0v) is 19.8. The van der Waals surface area contributed by atoms with E-state index in [0.29, 0.717) is 23.6 Å². The summed E-state index contributed by atoms with van der Waals surface area (Å²) >= 11 is 0. The predicted octanol–water partition coefficient (Wildman–Crippen LogP) is 2.16. The van der Waals surface area contributed by atoms with Gasteiger partial charge in [0.05, 0.1) is 12.6 Å². The zero-order chi connectivity index (χ0) is 23.3. The Hall–Kier alpha value is -2.14. The van der Waals surface area contributed by atoms with Gasteiger partial charge in [-0.15, -0.1) is 0 Å². The molecule has 7 heteroatoms. The molecule has 0 aromatic carbocycles. The van der Waals surface area contributed by atoms with Crippen LogP contribution in [0, 0.1) is 23.7 Å². The summed E-state index contributed by atoms with van der Waals surface area (Å²) in [7, 11) is 2.13. The maximum atomic E-state index is 13.4. The van der Waals surface area contributed by atoms with Gasteiger partial charge in [-0.1, -0.05) is 31.6 Å². The van der Waals surface area contributed by atoms with Crippen molar-refractivity contribution in [2.45, 2.75) is 64.7 Å². The second-order valence-electron chi connectivity index (χ2n) is 9.52. The number of fused-ring (bicyclic) bond motifs is 1. The average molecular weight is 444 g/mol. The average Bonchev–Trinajstić information content (AvgIpc) is 3.27. The Labute approximate surface area is 191 Å². The lowest BCUT2D eigenvalue weighted by Crippen LogP contribution is -2.50. The van der Waals surface area contributed by atoms with Crippen molar-refractivity contribution < 1.29 is 19.7 Å². The third-order valence-electron chi connectivity index (χ3n) is 6.48. The minimum Gasteiger partial charge on any atom is -0.472 e. The highest BCUT2D eigenvalue weighted by Gasteiger charge is 2.34. The molecular weight excluding hydrogens is 406 g/mol. The second kappa shape index (κ2) is 11.1. The Bertz CT molecular complexity index is 841. The van der Waals surface area contributed by atoms with Crippen LogP contribution in [-0.2, 0) is 0 Å². The van der Waals surface area contributed by atoms with Crippen molar-refractivity contribution in [1.29, 1.82) is 0 Å². The van der Waals surface area contributed by atoms with Crippen molar-refractivity contribution in [2.75, 3.05) is 33.3 Å². The number of likely N-dealkylation sites (N-methyl/N-ethyl adjacent to an activating group) is 1. The lowest BCUT2D eigenvalue weighted by atomic mass is 9.99. The normalized spacial score (nSPS) is 23.6. The van der Waals surface area contributed by atoms with Crippen molar-refractivity contribution in [3.8, 4) is 17.7 Å². The van der Waals surface area contributed by atoms with Gasteiger partial charge in [0.2, 0.25) is 5.88 Å². The van der Waals surface area contributed by atoms with Crippen LogP contribution < -0.4 is 4.74 Å². The molecule has 1 saturated carbocycles. The number of nitrogens with zero attached hydrogens (tertiary/aromatic N) is 3. The monoisotopic (exact) mass is 443 g/mol. The fourth-order valence-electron chi connectivity index (χ4n) is 4.59. The van der Waals surface area contributed by atoms with Gasteiger partial charge in [0.15, 0.2) is 0 Å². The molecular formula is C25H37N3O4. The fraction of sp³-hybridized carbons (Fsp3) is 0.680. The number of hydrogen-bond donors (Lipinski definition) is 2. The molecule has 0 radical (unpaired) electrons. The Kier molecular flexibility index (Phi) is 8.52. The van der Waals surface area contributed by atoms with E-state index in [9.17, 15) is 15.0 Å². The van der Waals surface area contributed by atoms with Crippen LogP contribution in [-0.4, -0.2) is 82.4 Å². The molecule has 4 atom stereocenters. The van der Waals surface area contributed by atoms with Crippen molar-refractivity contribution in [2.24, 2.45) is 11.8 Å². The summed E-state index contributed by atoms with van der Waals surface area (Å²) < 4.78 is 6.34. The number of aromatic nitrogens is 1. The molecule has 2 aliphatic rings. The molecule has 0 unspecified atom stereocenters. The Morgan fingerprint density at radius 2 is 2.03 bits per heavy atom. The standard InChI is InChI=1S/C25H37N3O4/c1-17-13-28(18(2)16-29)25(31)22-11-21(10-9-19(3)30)12-26-24(22)32-23(17)15-27(4)14-20-7-5-6-8-20/h11-12,17-20,23,29-30H,5-8,13-16H2,1-4H3/t17-,18+,19-,23+/m0/s1. The molecule has 7 nitrogen and oxygen atoms in total. The molecule has 0 saturated heterocycles. The van der Waals surface area contributed by atoms with Gasteiger partial charge >= 0.3 is 0 Å². The molecule has 1 aromatic rings. The van der Waals surface area contributed by atoms with Crippen LogP contribution in [0.1, 0.15) is 62.4 Å². The molecule has 176 valence electrons. The topological polar surface area (TPSA) is 86.1 Å². The van der Waals surface area contributed by atoms with E-state index in [1.165, 1.54) is 25.7 Å². The SMILES string of the molecule is C[C@H](O)C#Cc1cnc2c(c1)C(=O)N([C@H](C)CO)C[C@H](C)[C@@H](CN(C)CC1CCCC1)O2. The largest absolute Gasteiger partial charge is 0.472 e. The van der Waals surface area contributed by atoms with E-state index in [1.54, 1.807) is 24.1 Å². The molecule has 1 aromatic heterocycles. The highest BCUT2D eigenvalue weighted by Crippen LogP contribution is 2.29. The summed E-state index contributed by atoms with van der Waals surface area (Å²) in [6, 6.07) is 1.35. The summed E-state index contributed by atoms with van der Waals surface area (Å²) in [6.45, 7) is 7.70. The first-order chi connectivity index (χ1) is 15.3. The van der Waals surface area contributed by atoms with Crippen molar-refractivity contribution in [1.82, 2.24) is 14.8 Å². The number of aliphatic hydroxyl groups excluding tert-OH is 2. The molecule has 3 rings (SSSR count). The highest BCUT2D eigenvalue weighted by molar-refractivity contribution is 5.97. The van der Waals surface area contributed by atoms with Gasteiger partial charge in [-0.2, -0.15) is 0 Å². The molecule has 0 spiro atoms. The highest BCUT2D eigenvalue weighted by atomic mass is 16.5. The Morgan fingerprint density at radius 1 is 1.31 bits per heavy atom. The number of amides is 1. The fourth-order valence-corrected chi connectivity index (χ4v) is 4.59. The number of aliphatic hydroxyl groups is 2. The summed E-state index contributed by atoms with van der Waals surface area (Å²) in [6.07, 6.45) is 5.90. The summed E-state index contributed by atoms with van der Waals surface area (Å²) in [4.78, 5) is 21.8. The number of rotatable bonds is 6. The lowest BCUT2D eigenvalue weighted by Gasteiger charge is -2.38. The van der Waals surface area contributed by atoms with E-state index in [4.69, 9.17) is 4.74 Å². The van der Waals surface area contributed by atoms with Crippen molar-refractivity contribution in [3.63, 3.8) is 0 Å². The molecule has 2 heterocycles. The molecule has 1 amide bonds. The first-order valence-electron chi connectivity index (χ1n) is 11.7. The van der Waals surface area contributed by atoms with Crippen LogP contribution in [0.2, 0.25) is 0 Å². The van der Waals surface area contributed by atoms with E-state index in [1.807, 2.05) is 6.92 Å². The third-order valence-corrected chi connectivity index (χ3v) is 6.48. The van der Waals surface area contributed by atoms with Gasteiger partial charge in [-0.25, -0.2) is 4.98 Å². The molecule has 1 aliphatic heterocycles. The van der Waals surface area contributed by atoms with Gasteiger partial charge in [0.25, 0.3) is 5.91 Å². The van der Waals surface area contributed by atoms with Crippen LogP contribution in [0.25, 0.3) is 0 Å². The van der Waals surface area contributed by atoms with Gasteiger partial charge in [-0.05, 0) is 45.7 Å². The van der Waals surface area contributed by atoms with Gasteiger partial charge in [0.1, 0.15) is 17.8 Å². The van der Waals surface area contributed by atoms with Crippen LogP contribution in [0.5, 0.6) is 5.88 Å². The number of carbonyl (C=O) groups excluding carboxylic acids is 1. The quantitative estimate of drug-likeness (QED) is 0.656. The minimum atomic E-state index is -0.768. The van der Waals surface area contributed by atoms with Crippen LogP contribution >= 0.6 is 0 Å². The summed E-state index contributed by atoms with van der Waals surface area (Å²) in [5.41, 5.74) is 0.889. The number of carbonyl (C=O) groups is 1. The zero-order valence-electron chi connectivity index (χ0n) is 19.8. The minimum absolute atomic E-state index is 0.0728. The van der Waals surface area contributed by atoms with E-state index < -0.39 is 6.10 Å². The molecule has 1 fully saturated rings. The van der Waals surface area contributed by atoms with Crippen LogP contribution in [0.3, 0.4) is 0 Å². The van der Waals surface area contributed by atoms with Gasteiger partial charge < -0.3 is 24.7 Å². The predicted molar refractivity (Wildman–Crippen MR) is 123 cm³/mol. The van der Waals surface area contributed by atoms with E-state index >= 15 is 0 Å². The van der Waals surface area contributed by atoms with Gasteiger partial charge in [0, 0.05) is 37.3 Å². The van der Waals surface area contributed by atoms with E-state index in [0.717, 1.165) is 19.0 Å². The second-order valence-corrected chi connectivity index (χ2v) is 9.52. The van der Waals surface area contributed by atoms with Crippen molar-refractivity contribution >= 4 is 5.91 Å². The van der Waals surface area contributed by atoms with E-state index in [-0.39, 0.29) is 30.6 Å². The van der Waals surface area contributed by atoms with Crippen LogP contribution in [0.15, 0.2) is 12.3 Å². The first-order valence-corrected chi connectivity index (χ1v) is 11.7. The van der Waals surface area contributed by atoms with E-state index in [2.05, 4.69) is 35.7 Å². The molecule has 1 aliphatic carbocycles. The molecule has 0 bridgehead atoms.